The van der Waals surface area contributed by atoms with Crippen molar-refractivity contribution in [2.75, 3.05) is 13.2 Å². The molecule has 1 N–H and O–H groups in total. The van der Waals surface area contributed by atoms with Gasteiger partial charge in [-0.15, -0.1) is 0 Å². The number of amides is 2. The van der Waals surface area contributed by atoms with Gasteiger partial charge in [0.1, 0.15) is 6.04 Å². The Labute approximate surface area is 179 Å². The summed E-state index contributed by atoms with van der Waals surface area (Å²) in [5.41, 5.74) is 0.871. The van der Waals surface area contributed by atoms with E-state index in [1.54, 1.807) is 19.1 Å². The molecule has 5 nitrogen and oxygen atoms in total. The first kappa shape index (κ1) is 22.9. The maximum atomic E-state index is 13.8. The second kappa shape index (κ2) is 11.0. The van der Waals surface area contributed by atoms with E-state index in [1.165, 1.54) is 17.0 Å². The Kier molecular flexibility index (Phi) is 8.64. The van der Waals surface area contributed by atoms with Crippen molar-refractivity contribution in [2.24, 2.45) is 5.92 Å². The molecular weight excluding hydrogens is 439 g/mol. The lowest BCUT2D eigenvalue weighted by molar-refractivity contribution is -0.142. The minimum Gasteiger partial charge on any atom is -0.481 e. The predicted molar refractivity (Wildman–Crippen MR) is 114 cm³/mol. The molecule has 0 radical (unpaired) electrons. The second-order valence-electron chi connectivity index (χ2n) is 7.18. The molecule has 0 spiro atoms. The van der Waals surface area contributed by atoms with Gasteiger partial charge in [0, 0.05) is 17.6 Å². The van der Waals surface area contributed by atoms with E-state index in [4.69, 9.17) is 4.74 Å². The van der Waals surface area contributed by atoms with Crippen molar-refractivity contribution < 1.29 is 18.7 Å². The van der Waals surface area contributed by atoms with Crippen LogP contribution in [0, 0.1) is 11.7 Å². The Morgan fingerprint density at radius 2 is 1.76 bits per heavy atom. The molecule has 2 rings (SSSR count). The zero-order valence-electron chi connectivity index (χ0n) is 16.8. The summed E-state index contributed by atoms with van der Waals surface area (Å²) in [5.74, 6) is -0.881. The molecule has 0 aliphatic heterocycles. The van der Waals surface area contributed by atoms with Gasteiger partial charge < -0.3 is 15.0 Å². The van der Waals surface area contributed by atoms with E-state index in [9.17, 15) is 14.0 Å². The molecule has 2 aromatic rings. The average Bonchev–Trinajstić information content (AvgIpc) is 2.70. The van der Waals surface area contributed by atoms with E-state index >= 15 is 0 Å². The number of halogens is 2. The number of ether oxygens (including phenoxy) is 1. The van der Waals surface area contributed by atoms with Gasteiger partial charge in [-0.1, -0.05) is 54.0 Å². The van der Waals surface area contributed by atoms with Gasteiger partial charge in [-0.05, 0) is 42.7 Å². The van der Waals surface area contributed by atoms with Gasteiger partial charge in [-0.3, -0.25) is 9.59 Å². The van der Waals surface area contributed by atoms with Gasteiger partial charge in [-0.2, -0.15) is 0 Å². The number of para-hydroxylation sites is 1. The van der Waals surface area contributed by atoms with E-state index in [1.807, 2.05) is 38.1 Å². The minimum absolute atomic E-state index is 0.00125. The number of rotatable bonds is 9. The molecule has 0 saturated heterocycles. The van der Waals surface area contributed by atoms with Crippen molar-refractivity contribution in [2.45, 2.75) is 33.4 Å². The summed E-state index contributed by atoms with van der Waals surface area (Å²) < 4.78 is 20.1. The molecule has 0 aromatic heterocycles. The third-order valence-electron chi connectivity index (χ3n) is 4.31. The Morgan fingerprint density at radius 3 is 2.38 bits per heavy atom. The van der Waals surface area contributed by atoms with Crippen molar-refractivity contribution >= 4 is 27.7 Å². The highest BCUT2D eigenvalue weighted by Crippen LogP contribution is 2.17. The van der Waals surface area contributed by atoms with E-state index in [-0.39, 0.29) is 24.8 Å². The number of hydrogen-bond donors (Lipinski definition) is 1. The quantitative estimate of drug-likeness (QED) is 0.605. The van der Waals surface area contributed by atoms with Crippen LogP contribution in [0.3, 0.4) is 0 Å². The summed E-state index contributed by atoms with van der Waals surface area (Å²) >= 11 is 3.38. The van der Waals surface area contributed by atoms with Gasteiger partial charge in [-0.25, -0.2) is 4.39 Å². The van der Waals surface area contributed by atoms with Crippen LogP contribution in [0.4, 0.5) is 4.39 Å². The lowest BCUT2D eigenvalue weighted by Gasteiger charge is -2.29. The fourth-order valence-electron chi connectivity index (χ4n) is 2.61. The zero-order valence-corrected chi connectivity index (χ0v) is 18.4. The van der Waals surface area contributed by atoms with Crippen LogP contribution in [-0.2, 0) is 16.1 Å². The smallest absolute Gasteiger partial charge is 0.261 e. The highest BCUT2D eigenvalue weighted by molar-refractivity contribution is 9.10. The standard InChI is InChI=1S/C22H26BrFN2O3/c1-15(2)12-25-22(28)16(3)26(13-17-8-10-18(23)11-9-17)21(27)14-29-20-7-5-4-6-19(20)24/h4-11,15-16H,12-14H2,1-3H3,(H,25,28)/t16-/m0/s1. The Balaban J connectivity index is 2.13. The van der Waals surface area contributed by atoms with Crippen LogP contribution in [0.1, 0.15) is 26.3 Å². The first-order valence-corrected chi connectivity index (χ1v) is 10.3. The first-order valence-electron chi connectivity index (χ1n) is 9.47. The number of carbonyl (C=O) groups is 2. The molecular formula is C22H26BrFN2O3. The SMILES string of the molecule is CC(C)CNC(=O)[C@H](C)N(Cc1ccc(Br)cc1)C(=O)COc1ccccc1F. The average molecular weight is 465 g/mol. The van der Waals surface area contributed by atoms with E-state index in [0.717, 1.165) is 10.0 Å². The number of benzene rings is 2. The highest BCUT2D eigenvalue weighted by Gasteiger charge is 2.26. The van der Waals surface area contributed by atoms with Crippen molar-refractivity contribution in [1.82, 2.24) is 10.2 Å². The molecule has 2 amide bonds. The summed E-state index contributed by atoms with van der Waals surface area (Å²) in [4.78, 5) is 26.9. The van der Waals surface area contributed by atoms with Gasteiger partial charge in [0.05, 0.1) is 0 Å². The molecule has 2 aromatic carbocycles. The second-order valence-corrected chi connectivity index (χ2v) is 8.10. The van der Waals surface area contributed by atoms with Crippen molar-refractivity contribution in [3.63, 3.8) is 0 Å². The molecule has 0 aliphatic carbocycles. The normalized spacial score (nSPS) is 11.8. The fourth-order valence-corrected chi connectivity index (χ4v) is 2.87. The first-order chi connectivity index (χ1) is 13.8. The molecule has 29 heavy (non-hydrogen) atoms. The van der Waals surface area contributed by atoms with E-state index in [0.29, 0.717) is 12.5 Å². The highest BCUT2D eigenvalue weighted by atomic mass is 79.9. The van der Waals surface area contributed by atoms with Gasteiger partial charge >= 0.3 is 0 Å². The van der Waals surface area contributed by atoms with Gasteiger partial charge in [0.2, 0.25) is 5.91 Å². The van der Waals surface area contributed by atoms with Crippen LogP contribution in [-0.4, -0.2) is 35.9 Å². The van der Waals surface area contributed by atoms with E-state index < -0.39 is 17.8 Å². The maximum Gasteiger partial charge on any atom is 0.261 e. The molecule has 0 unspecified atom stereocenters. The Bertz CT molecular complexity index is 827. The Hall–Kier alpha value is -2.41. The molecule has 7 heteroatoms. The lowest BCUT2D eigenvalue weighted by Crippen LogP contribution is -2.49. The van der Waals surface area contributed by atoms with Crippen LogP contribution >= 0.6 is 15.9 Å². The summed E-state index contributed by atoms with van der Waals surface area (Å²) in [7, 11) is 0. The predicted octanol–water partition coefficient (Wildman–Crippen LogP) is 4.16. The third-order valence-corrected chi connectivity index (χ3v) is 4.83. The third kappa shape index (κ3) is 7.16. The van der Waals surface area contributed by atoms with E-state index in [2.05, 4.69) is 21.2 Å². The summed E-state index contributed by atoms with van der Waals surface area (Å²) in [6.45, 7) is 6.07. The van der Waals surface area contributed by atoms with Crippen molar-refractivity contribution in [3.05, 3.63) is 64.4 Å². The molecule has 0 heterocycles. The largest absolute Gasteiger partial charge is 0.481 e. The monoisotopic (exact) mass is 464 g/mol. The van der Waals surface area contributed by atoms with Crippen molar-refractivity contribution in [3.8, 4) is 5.75 Å². The zero-order chi connectivity index (χ0) is 21.4. The minimum atomic E-state index is -0.700. The van der Waals surface area contributed by atoms with Crippen LogP contribution in [0.25, 0.3) is 0 Å². The molecule has 0 aliphatic rings. The lowest BCUT2D eigenvalue weighted by atomic mass is 10.1. The van der Waals surface area contributed by atoms with Crippen LogP contribution < -0.4 is 10.1 Å². The molecule has 0 bridgehead atoms. The number of hydrogen-bond acceptors (Lipinski definition) is 3. The fraction of sp³-hybridized carbons (Fsp3) is 0.364. The Morgan fingerprint density at radius 1 is 1.10 bits per heavy atom. The summed E-state index contributed by atoms with van der Waals surface area (Å²) in [6, 6.07) is 12.7. The summed E-state index contributed by atoms with van der Waals surface area (Å²) in [6.07, 6.45) is 0. The van der Waals surface area contributed by atoms with Gasteiger partial charge in [0.15, 0.2) is 18.2 Å². The van der Waals surface area contributed by atoms with Crippen LogP contribution in [0.5, 0.6) is 5.75 Å². The van der Waals surface area contributed by atoms with Crippen LogP contribution in [0.15, 0.2) is 53.0 Å². The summed E-state index contributed by atoms with van der Waals surface area (Å²) in [5, 5.41) is 2.85. The molecule has 0 fully saturated rings. The van der Waals surface area contributed by atoms with Gasteiger partial charge in [0.25, 0.3) is 5.91 Å². The topological polar surface area (TPSA) is 58.6 Å². The van der Waals surface area contributed by atoms with Crippen LogP contribution in [0.2, 0.25) is 0 Å². The number of carbonyl (C=O) groups excluding carboxylic acids is 2. The van der Waals surface area contributed by atoms with Crippen molar-refractivity contribution in [1.29, 1.82) is 0 Å². The maximum absolute atomic E-state index is 13.8. The number of nitrogens with one attached hydrogen (secondary N) is 1. The number of nitrogens with zero attached hydrogens (tertiary/aromatic N) is 1. The molecule has 156 valence electrons. The molecule has 1 atom stereocenters. The molecule has 0 saturated carbocycles.